The Morgan fingerprint density at radius 2 is 1.50 bits per heavy atom. The van der Waals surface area contributed by atoms with Crippen molar-refractivity contribution in [3.8, 4) is 22.6 Å². The van der Waals surface area contributed by atoms with Gasteiger partial charge in [-0.05, 0) is 24.1 Å². The third-order valence-corrected chi connectivity index (χ3v) is 2.77. The Morgan fingerprint density at radius 1 is 0.833 bits per heavy atom. The molecule has 0 aliphatic rings. The highest BCUT2D eigenvalue weighted by Gasteiger charge is 2.11. The topological polar surface area (TPSA) is 38.9 Å². The summed E-state index contributed by atoms with van der Waals surface area (Å²) in [4.78, 5) is 4.29. The van der Waals surface area contributed by atoms with E-state index in [1.807, 2.05) is 43.3 Å². The lowest BCUT2D eigenvalue weighted by Gasteiger charge is -2.05. The highest BCUT2D eigenvalue weighted by molar-refractivity contribution is 5.79. The van der Waals surface area contributed by atoms with Gasteiger partial charge in [-0.25, -0.2) is 0 Å². The number of rotatable bonds is 2. The summed E-state index contributed by atoms with van der Waals surface area (Å²) in [7, 11) is 0. The molecule has 0 saturated carbocycles. The van der Waals surface area contributed by atoms with E-state index in [0.717, 1.165) is 16.7 Å². The van der Waals surface area contributed by atoms with Gasteiger partial charge in [-0.15, -0.1) is 0 Å². The number of aryl methyl sites for hydroxylation is 1. The zero-order valence-corrected chi connectivity index (χ0v) is 10.00. The zero-order chi connectivity index (χ0) is 12.4. The maximum Gasteiger partial charge on any atom is 0.258 e. The SMILES string of the molecule is Cc1noc(-c2ccccc2-c2ccccc2)n1. The lowest BCUT2D eigenvalue weighted by molar-refractivity contribution is 0.426. The summed E-state index contributed by atoms with van der Waals surface area (Å²) in [5.74, 6) is 1.21. The van der Waals surface area contributed by atoms with E-state index in [0.29, 0.717) is 11.7 Å². The molecular formula is C15H12N2O. The van der Waals surface area contributed by atoms with E-state index in [4.69, 9.17) is 4.52 Å². The molecule has 0 bridgehead atoms. The van der Waals surface area contributed by atoms with Crippen molar-refractivity contribution in [2.45, 2.75) is 6.92 Å². The second-order valence-corrected chi connectivity index (χ2v) is 4.06. The van der Waals surface area contributed by atoms with E-state index in [1.54, 1.807) is 0 Å². The minimum absolute atomic E-state index is 0.562. The van der Waals surface area contributed by atoms with Crippen LogP contribution in [0.25, 0.3) is 22.6 Å². The number of hydrogen-bond donors (Lipinski definition) is 0. The molecule has 3 rings (SSSR count). The van der Waals surface area contributed by atoms with Crippen molar-refractivity contribution < 1.29 is 4.52 Å². The van der Waals surface area contributed by atoms with Crippen molar-refractivity contribution in [1.82, 2.24) is 10.1 Å². The molecule has 0 atom stereocenters. The normalized spacial score (nSPS) is 10.5. The van der Waals surface area contributed by atoms with Crippen molar-refractivity contribution >= 4 is 0 Å². The average Bonchev–Trinajstić information content (AvgIpc) is 2.86. The molecule has 0 unspecified atom stereocenters. The Morgan fingerprint density at radius 3 is 2.17 bits per heavy atom. The molecule has 0 spiro atoms. The predicted octanol–water partition coefficient (Wildman–Crippen LogP) is 3.71. The lowest BCUT2D eigenvalue weighted by Crippen LogP contribution is -1.84. The molecule has 3 aromatic rings. The Balaban J connectivity index is 2.17. The first-order valence-electron chi connectivity index (χ1n) is 5.80. The number of nitrogens with zero attached hydrogens (tertiary/aromatic N) is 2. The van der Waals surface area contributed by atoms with Crippen molar-refractivity contribution in [3.63, 3.8) is 0 Å². The predicted molar refractivity (Wildman–Crippen MR) is 69.9 cm³/mol. The first kappa shape index (κ1) is 10.7. The zero-order valence-electron chi connectivity index (χ0n) is 10.00. The van der Waals surface area contributed by atoms with Crippen molar-refractivity contribution in [3.05, 3.63) is 60.4 Å². The molecule has 2 aromatic carbocycles. The van der Waals surface area contributed by atoms with Crippen LogP contribution in [0.5, 0.6) is 0 Å². The standard InChI is InChI=1S/C15H12N2O/c1-11-16-15(18-17-11)14-10-6-5-9-13(14)12-7-3-2-4-8-12/h2-10H,1H3. The minimum Gasteiger partial charge on any atom is -0.334 e. The smallest absolute Gasteiger partial charge is 0.258 e. The van der Waals surface area contributed by atoms with E-state index >= 15 is 0 Å². The molecule has 3 heteroatoms. The van der Waals surface area contributed by atoms with Crippen LogP contribution in [-0.2, 0) is 0 Å². The van der Waals surface area contributed by atoms with Gasteiger partial charge in [0.1, 0.15) is 0 Å². The van der Waals surface area contributed by atoms with Gasteiger partial charge in [0.2, 0.25) is 0 Å². The summed E-state index contributed by atoms with van der Waals surface area (Å²) >= 11 is 0. The van der Waals surface area contributed by atoms with Gasteiger partial charge in [-0.1, -0.05) is 53.7 Å². The van der Waals surface area contributed by atoms with Crippen LogP contribution in [0.1, 0.15) is 5.82 Å². The highest BCUT2D eigenvalue weighted by atomic mass is 16.5. The Kier molecular flexibility index (Phi) is 2.65. The van der Waals surface area contributed by atoms with E-state index in [2.05, 4.69) is 28.3 Å². The molecule has 0 amide bonds. The summed E-state index contributed by atoms with van der Waals surface area (Å²) in [6, 6.07) is 18.2. The summed E-state index contributed by atoms with van der Waals surface area (Å²) in [5.41, 5.74) is 3.20. The fourth-order valence-electron chi connectivity index (χ4n) is 1.95. The van der Waals surface area contributed by atoms with Crippen molar-refractivity contribution in [2.75, 3.05) is 0 Å². The monoisotopic (exact) mass is 236 g/mol. The molecule has 18 heavy (non-hydrogen) atoms. The van der Waals surface area contributed by atoms with Gasteiger partial charge in [-0.2, -0.15) is 4.98 Å². The van der Waals surface area contributed by atoms with E-state index in [-0.39, 0.29) is 0 Å². The van der Waals surface area contributed by atoms with Gasteiger partial charge < -0.3 is 4.52 Å². The first-order valence-corrected chi connectivity index (χ1v) is 5.80. The molecule has 0 aliphatic carbocycles. The molecule has 1 aromatic heterocycles. The Bertz CT molecular complexity index is 659. The van der Waals surface area contributed by atoms with Crippen LogP contribution in [0.15, 0.2) is 59.1 Å². The molecule has 0 saturated heterocycles. The quantitative estimate of drug-likeness (QED) is 0.680. The second kappa shape index (κ2) is 4.45. The van der Waals surface area contributed by atoms with Crippen LogP contribution >= 0.6 is 0 Å². The van der Waals surface area contributed by atoms with Crippen LogP contribution in [-0.4, -0.2) is 10.1 Å². The highest BCUT2D eigenvalue weighted by Crippen LogP contribution is 2.30. The summed E-state index contributed by atoms with van der Waals surface area (Å²) < 4.78 is 5.25. The minimum atomic E-state index is 0.562. The molecule has 0 fully saturated rings. The molecule has 0 aliphatic heterocycles. The van der Waals surface area contributed by atoms with Gasteiger partial charge >= 0.3 is 0 Å². The molecule has 3 nitrogen and oxygen atoms in total. The fourth-order valence-corrected chi connectivity index (χ4v) is 1.95. The van der Waals surface area contributed by atoms with Crippen LogP contribution in [0.4, 0.5) is 0 Å². The van der Waals surface area contributed by atoms with E-state index in [1.165, 1.54) is 0 Å². The van der Waals surface area contributed by atoms with Crippen LogP contribution in [0.2, 0.25) is 0 Å². The molecule has 1 heterocycles. The number of hydrogen-bond acceptors (Lipinski definition) is 3. The Labute approximate surface area is 105 Å². The van der Waals surface area contributed by atoms with Crippen molar-refractivity contribution in [1.29, 1.82) is 0 Å². The maximum absolute atomic E-state index is 5.25. The van der Waals surface area contributed by atoms with Gasteiger partial charge in [0.15, 0.2) is 5.82 Å². The molecular weight excluding hydrogens is 224 g/mol. The average molecular weight is 236 g/mol. The first-order chi connectivity index (χ1) is 8.84. The number of benzene rings is 2. The van der Waals surface area contributed by atoms with E-state index < -0.39 is 0 Å². The maximum atomic E-state index is 5.25. The van der Waals surface area contributed by atoms with Crippen LogP contribution in [0, 0.1) is 6.92 Å². The summed E-state index contributed by atoms with van der Waals surface area (Å²) in [5, 5.41) is 3.84. The largest absolute Gasteiger partial charge is 0.334 e. The summed E-state index contributed by atoms with van der Waals surface area (Å²) in [6.07, 6.45) is 0. The third-order valence-electron chi connectivity index (χ3n) is 2.77. The van der Waals surface area contributed by atoms with Gasteiger partial charge in [-0.3, -0.25) is 0 Å². The molecule has 0 radical (unpaired) electrons. The number of aromatic nitrogens is 2. The molecule has 0 N–H and O–H groups in total. The van der Waals surface area contributed by atoms with Crippen molar-refractivity contribution in [2.24, 2.45) is 0 Å². The summed E-state index contributed by atoms with van der Waals surface area (Å²) in [6.45, 7) is 1.82. The third kappa shape index (κ3) is 1.91. The van der Waals surface area contributed by atoms with Gasteiger partial charge in [0.25, 0.3) is 5.89 Å². The van der Waals surface area contributed by atoms with Gasteiger partial charge in [0.05, 0.1) is 0 Å². The molecule has 88 valence electrons. The van der Waals surface area contributed by atoms with Crippen LogP contribution < -0.4 is 0 Å². The van der Waals surface area contributed by atoms with E-state index in [9.17, 15) is 0 Å². The second-order valence-electron chi connectivity index (χ2n) is 4.06. The fraction of sp³-hybridized carbons (Fsp3) is 0.0667. The Hall–Kier alpha value is -2.42. The van der Waals surface area contributed by atoms with Gasteiger partial charge in [0, 0.05) is 5.56 Å². The van der Waals surface area contributed by atoms with Crippen LogP contribution in [0.3, 0.4) is 0 Å². The lowest BCUT2D eigenvalue weighted by atomic mass is 10.00.